The maximum atomic E-state index is 11.7. The van der Waals surface area contributed by atoms with E-state index < -0.39 is 18.8 Å². The Morgan fingerprint density at radius 2 is 2.37 bits per heavy atom. The van der Waals surface area contributed by atoms with Gasteiger partial charge in [-0.25, -0.2) is 14.8 Å². The van der Waals surface area contributed by atoms with Crippen molar-refractivity contribution in [3.05, 3.63) is 16.8 Å². The van der Waals surface area contributed by atoms with Crippen LogP contribution < -0.4 is 5.01 Å². The molecular formula is C11H12N2O5S. The number of anilines is 1. The zero-order valence-electron chi connectivity index (χ0n) is 10.1. The highest BCUT2D eigenvalue weighted by Crippen LogP contribution is 2.29. The number of rotatable bonds is 5. The molecule has 2 heterocycles. The van der Waals surface area contributed by atoms with Crippen LogP contribution in [-0.2, 0) is 19.1 Å². The van der Waals surface area contributed by atoms with E-state index in [-0.39, 0.29) is 18.2 Å². The van der Waals surface area contributed by atoms with Crippen molar-refractivity contribution in [3.8, 4) is 0 Å². The van der Waals surface area contributed by atoms with Crippen molar-refractivity contribution < 1.29 is 24.2 Å². The Labute approximate surface area is 113 Å². The fourth-order valence-electron chi connectivity index (χ4n) is 1.75. The van der Waals surface area contributed by atoms with E-state index in [4.69, 9.17) is 9.84 Å². The van der Waals surface area contributed by atoms with Gasteiger partial charge in [0.2, 0.25) is 11.8 Å². The summed E-state index contributed by atoms with van der Waals surface area (Å²) < 4.78 is 5.07. The second-order valence-electron chi connectivity index (χ2n) is 3.91. The number of hydrogen-bond donors (Lipinski definition) is 1. The molecule has 2 rings (SSSR count). The molecule has 2 amide bonds. The minimum atomic E-state index is -1.12. The number of aliphatic carboxylic acids is 1. The molecule has 0 aliphatic carbocycles. The molecule has 1 aromatic heterocycles. The average Bonchev–Trinajstić information content (AvgIpc) is 2.83. The Morgan fingerprint density at radius 1 is 1.63 bits per heavy atom. The standard InChI is InChI=1S/C11H12N2O5S/c1-7(14)12(8-2-3-19-6-8)13-9(15)4-10(13)18-5-11(16)17/h2-3,6,10H,4-5H2,1H3,(H,16,17). The molecule has 0 bridgehead atoms. The van der Waals surface area contributed by atoms with Gasteiger partial charge < -0.3 is 9.84 Å². The number of β-lactam (4-membered cyclic amide) rings is 1. The predicted molar refractivity (Wildman–Crippen MR) is 66.3 cm³/mol. The van der Waals surface area contributed by atoms with Gasteiger partial charge in [0.1, 0.15) is 6.61 Å². The topological polar surface area (TPSA) is 87.2 Å². The number of amides is 2. The zero-order valence-corrected chi connectivity index (χ0v) is 10.9. The molecule has 102 valence electrons. The number of ether oxygens (including phenoxy) is 1. The van der Waals surface area contributed by atoms with Crippen molar-refractivity contribution in [2.45, 2.75) is 19.6 Å². The van der Waals surface area contributed by atoms with Crippen LogP contribution in [0.2, 0.25) is 0 Å². The third kappa shape index (κ3) is 2.74. The van der Waals surface area contributed by atoms with Crippen LogP contribution in [0.3, 0.4) is 0 Å². The SMILES string of the molecule is CC(=O)N(c1ccsc1)N1C(=O)CC1OCC(=O)O. The van der Waals surface area contributed by atoms with Crippen molar-refractivity contribution in [3.63, 3.8) is 0 Å². The first-order valence-electron chi connectivity index (χ1n) is 5.49. The van der Waals surface area contributed by atoms with E-state index in [0.717, 1.165) is 5.01 Å². The van der Waals surface area contributed by atoms with Crippen LogP contribution in [0.15, 0.2) is 16.8 Å². The predicted octanol–water partition coefficient (Wildman–Crippen LogP) is 0.676. The first-order chi connectivity index (χ1) is 9.00. The third-order valence-electron chi connectivity index (χ3n) is 2.54. The van der Waals surface area contributed by atoms with Crippen molar-refractivity contribution >= 4 is 34.8 Å². The zero-order chi connectivity index (χ0) is 14.0. The third-order valence-corrected chi connectivity index (χ3v) is 3.21. The molecule has 0 saturated carbocycles. The first-order valence-corrected chi connectivity index (χ1v) is 6.43. The van der Waals surface area contributed by atoms with Crippen molar-refractivity contribution in [2.24, 2.45) is 0 Å². The molecule has 1 unspecified atom stereocenters. The number of carboxylic acids is 1. The lowest BCUT2D eigenvalue weighted by molar-refractivity contribution is -0.183. The molecule has 8 heteroatoms. The second-order valence-corrected chi connectivity index (χ2v) is 4.69. The maximum Gasteiger partial charge on any atom is 0.329 e. The quantitative estimate of drug-likeness (QED) is 0.803. The van der Waals surface area contributed by atoms with Crippen molar-refractivity contribution in [1.29, 1.82) is 0 Å². The van der Waals surface area contributed by atoms with Gasteiger partial charge in [-0.05, 0) is 11.4 Å². The summed E-state index contributed by atoms with van der Waals surface area (Å²) in [7, 11) is 0. The highest BCUT2D eigenvalue weighted by molar-refractivity contribution is 7.08. The van der Waals surface area contributed by atoms with Gasteiger partial charge in [0, 0.05) is 12.3 Å². The Bertz CT molecular complexity index is 501. The molecule has 1 fully saturated rings. The van der Waals surface area contributed by atoms with Gasteiger partial charge in [-0.1, -0.05) is 0 Å². The average molecular weight is 284 g/mol. The van der Waals surface area contributed by atoms with Crippen LogP contribution in [-0.4, -0.2) is 40.7 Å². The maximum absolute atomic E-state index is 11.7. The Balaban J connectivity index is 2.14. The number of hydrogen-bond acceptors (Lipinski definition) is 5. The van der Waals surface area contributed by atoms with Gasteiger partial charge in [-0.2, -0.15) is 11.3 Å². The molecule has 1 aliphatic rings. The lowest BCUT2D eigenvalue weighted by Crippen LogP contribution is -2.63. The highest BCUT2D eigenvalue weighted by atomic mass is 32.1. The van der Waals surface area contributed by atoms with Crippen LogP contribution >= 0.6 is 11.3 Å². The van der Waals surface area contributed by atoms with E-state index >= 15 is 0 Å². The molecule has 1 aliphatic heterocycles. The van der Waals surface area contributed by atoms with E-state index in [1.165, 1.54) is 23.3 Å². The molecule has 1 aromatic rings. The number of thiophene rings is 1. The largest absolute Gasteiger partial charge is 0.480 e. The van der Waals surface area contributed by atoms with E-state index in [1.807, 2.05) is 0 Å². The number of hydrazine groups is 1. The van der Waals surface area contributed by atoms with Crippen LogP contribution in [0.4, 0.5) is 5.69 Å². The number of carbonyl (C=O) groups excluding carboxylic acids is 2. The summed E-state index contributed by atoms with van der Waals surface area (Å²) in [6, 6.07) is 1.70. The minimum absolute atomic E-state index is 0.0706. The van der Waals surface area contributed by atoms with E-state index in [2.05, 4.69) is 0 Å². The van der Waals surface area contributed by atoms with E-state index in [1.54, 1.807) is 16.8 Å². The fraction of sp³-hybridized carbons (Fsp3) is 0.364. The van der Waals surface area contributed by atoms with Crippen LogP contribution in [0.25, 0.3) is 0 Å². The lowest BCUT2D eigenvalue weighted by atomic mass is 10.2. The summed E-state index contributed by atoms with van der Waals surface area (Å²) >= 11 is 1.39. The van der Waals surface area contributed by atoms with Crippen LogP contribution in [0, 0.1) is 0 Å². The normalized spacial score (nSPS) is 18.1. The van der Waals surface area contributed by atoms with Crippen LogP contribution in [0.1, 0.15) is 13.3 Å². The second kappa shape index (κ2) is 5.37. The van der Waals surface area contributed by atoms with Gasteiger partial charge in [-0.15, -0.1) is 0 Å². The Kier molecular flexibility index (Phi) is 3.82. The van der Waals surface area contributed by atoms with Crippen molar-refractivity contribution in [2.75, 3.05) is 11.6 Å². The summed E-state index contributed by atoms with van der Waals surface area (Å²) in [5, 5.41) is 14.4. The molecule has 1 atom stereocenters. The molecule has 1 N–H and O–H groups in total. The molecule has 0 aromatic carbocycles. The van der Waals surface area contributed by atoms with Gasteiger partial charge in [-0.3, -0.25) is 9.59 Å². The number of nitrogens with zero attached hydrogens (tertiary/aromatic N) is 2. The van der Waals surface area contributed by atoms with Gasteiger partial charge in [0.25, 0.3) is 0 Å². The van der Waals surface area contributed by atoms with E-state index in [0.29, 0.717) is 5.69 Å². The van der Waals surface area contributed by atoms with Crippen LogP contribution in [0.5, 0.6) is 0 Å². The van der Waals surface area contributed by atoms with Gasteiger partial charge in [0.15, 0.2) is 6.23 Å². The summed E-state index contributed by atoms with van der Waals surface area (Å²) in [4.78, 5) is 33.8. The van der Waals surface area contributed by atoms with E-state index in [9.17, 15) is 14.4 Å². The molecule has 0 radical (unpaired) electrons. The molecule has 19 heavy (non-hydrogen) atoms. The molecule has 0 spiro atoms. The fourth-order valence-corrected chi connectivity index (χ4v) is 2.37. The van der Waals surface area contributed by atoms with Crippen molar-refractivity contribution in [1.82, 2.24) is 5.01 Å². The number of carboxylic acid groups (broad SMARTS) is 1. The highest BCUT2D eigenvalue weighted by Gasteiger charge is 2.43. The molecule has 1 saturated heterocycles. The Hall–Kier alpha value is -1.93. The summed E-state index contributed by atoms with van der Waals surface area (Å²) in [5.74, 6) is -1.74. The first kappa shape index (κ1) is 13.5. The summed E-state index contributed by atoms with van der Waals surface area (Å²) in [5.41, 5.74) is 0.564. The van der Waals surface area contributed by atoms with Gasteiger partial charge >= 0.3 is 5.97 Å². The molecule has 7 nitrogen and oxygen atoms in total. The summed E-state index contributed by atoms with van der Waals surface area (Å²) in [6.45, 7) is 0.821. The smallest absolute Gasteiger partial charge is 0.329 e. The summed E-state index contributed by atoms with van der Waals surface area (Å²) in [6.07, 6.45) is -0.645. The minimum Gasteiger partial charge on any atom is -0.480 e. The Morgan fingerprint density at radius 3 is 2.84 bits per heavy atom. The molecular weight excluding hydrogens is 272 g/mol. The van der Waals surface area contributed by atoms with Gasteiger partial charge in [0.05, 0.1) is 12.1 Å². The lowest BCUT2D eigenvalue weighted by Gasteiger charge is -2.45. The number of carbonyl (C=O) groups is 3. The monoisotopic (exact) mass is 284 g/mol.